The van der Waals surface area contributed by atoms with Crippen LogP contribution in [0.1, 0.15) is 140 Å². The lowest BCUT2D eigenvalue weighted by Gasteiger charge is -2.39. The van der Waals surface area contributed by atoms with Crippen LogP contribution < -0.4 is 0 Å². The SMILES string of the molecule is C=CC1=C(C=C)C2(C(/C=C\C)=C1CC)c1ccccc1-c1cc(C)ccc12.CC.CCC.Cc1ccc2c(c1)C(c1ccccc1)(C1C=CC=CC1)c1ccccc1-2.Cc1ccc2c3c(c4c(c2c1)C=CCC4)CCC=C3. The van der Waals surface area contributed by atoms with E-state index in [0.717, 1.165) is 12.8 Å². The third-order valence-corrected chi connectivity index (χ3v) is 16.5. The molecule has 3 unspecified atom stereocenters. The highest BCUT2D eigenvalue weighted by Gasteiger charge is 2.52. The Bertz CT molecular complexity index is 3570. The monoisotopic (exact) mass is 1000 g/mol. The van der Waals surface area contributed by atoms with Gasteiger partial charge in [-0.2, -0.15) is 0 Å². The Morgan fingerprint density at radius 1 is 0.545 bits per heavy atom. The second kappa shape index (κ2) is 23.8. The maximum Gasteiger partial charge on any atom is 0.0721 e. The van der Waals surface area contributed by atoms with E-state index in [1.165, 1.54) is 143 Å². The first kappa shape index (κ1) is 54.3. The molecular formula is C77H80. The van der Waals surface area contributed by atoms with Crippen molar-refractivity contribution in [2.45, 2.75) is 118 Å². The fourth-order valence-corrected chi connectivity index (χ4v) is 13.7. The summed E-state index contributed by atoms with van der Waals surface area (Å²) < 4.78 is 0. The lowest BCUT2D eigenvalue weighted by Crippen LogP contribution is -2.35. The van der Waals surface area contributed by atoms with Crippen molar-refractivity contribution in [1.82, 2.24) is 0 Å². The number of benzene rings is 7. The minimum atomic E-state index is -0.289. The molecule has 0 nitrogen and oxygen atoms in total. The average molecular weight is 1010 g/mol. The van der Waals surface area contributed by atoms with Gasteiger partial charge in [-0.05, 0) is 178 Å². The molecule has 0 bridgehead atoms. The molecule has 0 fully saturated rings. The molecule has 77 heavy (non-hydrogen) atoms. The number of fused-ring (bicyclic) bond motifs is 14. The molecule has 0 saturated carbocycles. The molecule has 6 aliphatic carbocycles. The molecule has 0 amide bonds. The quantitative estimate of drug-likeness (QED) is 0.156. The van der Waals surface area contributed by atoms with E-state index in [1.54, 1.807) is 11.1 Å². The van der Waals surface area contributed by atoms with Crippen LogP contribution in [0.5, 0.6) is 0 Å². The molecule has 0 aliphatic heterocycles. The molecule has 0 saturated heterocycles. The van der Waals surface area contributed by atoms with E-state index in [9.17, 15) is 0 Å². The Labute approximate surface area is 463 Å². The maximum absolute atomic E-state index is 4.23. The minimum Gasteiger partial charge on any atom is -0.0987 e. The molecule has 388 valence electrons. The molecular weight excluding hydrogens is 925 g/mol. The van der Waals surface area contributed by atoms with Crippen molar-refractivity contribution in [3.8, 4) is 22.3 Å². The molecule has 0 aromatic heterocycles. The van der Waals surface area contributed by atoms with Gasteiger partial charge in [0.1, 0.15) is 0 Å². The van der Waals surface area contributed by atoms with Gasteiger partial charge in [0, 0.05) is 0 Å². The molecule has 7 aromatic carbocycles. The van der Waals surface area contributed by atoms with Crippen LogP contribution in [0.4, 0.5) is 0 Å². The van der Waals surface area contributed by atoms with E-state index >= 15 is 0 Å². The standard InChI is InChI=1S/C27H26.C26H22.C19H18.C3H8.C2H6/c1-6-12-24-20(8-3)19(7-2)23(9-4)27(24)25-14-11-10-13-21(25)22-17-18(5)15-16-26(22)27;1-19-16-17-23-22-14-8-9-15-24(22)26(25(23)18-19,20-10-4-2-5-11-20)21-12-6-3-7-13-21;1-13-10-11-18-16-8-3-2-6-14(16)15-7-4-5-9-17(15)19(18)12-13;1-3-2;1-2/h6-7,9-17H,2,4,8H2,1,3,5H3;2-12,14-18,21H,13H2,1H3;3,5,8-12H,2,4,6-7H2,1H3;3H2,1-2H3;1-2H3/b12-6-;;;;. The number of allylic oxidation sites excluding steroid dienone is 14. The minimum absolute atomic E-state index is 0.125. The highest BCUT2D eigenvalue weighted by molar-refractivity contribution is 6.00. The summed E-state index contributed by atoms with van der Waals surface area (Å²) in [7, 11) is 0. The summed E-state index contributed by atoms with van der Waals surface area (Å²) in [5.74, 6) is 0.416. The average Bonchev–Trinajstić information content (AvgIpc) is 4.20. The van der Waals surface area contributed by atoms with Crippen LogP contribution in [0.25, 0.3) is 45.2 Å². The molecule has 0 N–H and O–H groups in total. The van der Waals surface area contributed by atoms with Crippen molar-refractivity contribution in [3.05, 3.63) is 296 Å². The molecule has 0 heteroatoms. The molecule has 6 aliphatic rings. The van der Waals surface area contributed by atoms with Crippen LogP contribution in [0, 0.1) is 26.7 Å². The van der Waals surface area contributed by atoms with Crippen LogP contribution in [-0.2, 0) is 23.7 Å². The van der Waals surface area contributed by atoms with E-state index in [-0.39, 0.29) is 10.8 Å². The lowest BCUT2D eigenvalue weighted by atomic mass is 9.62. The van der Waals surface area contributed by atoms with Crippen molar-refractivity contribution < 1.29 is 0 Å². The van der Waals surface area contributed by atoms with Gasteiger partial charge in [-0.3, -0.25) is 0 Å². The van der Waals surface area contributed by atoms with Gasteiger partial charge >= 0.3 is 0 Å². The zero-order chi connectivity index (χ0) is 54.3. The van der Waals surface area contributed by atoms with Crippen molar-refractivity contribution in [2.75, 3.05) is 0 Å². The van der Waals surface area contributed by atoms with E-state index in [0.29, 0.717) is 5.92 Å². The predicted molar refractivity (Wildman–Crippen MR) is 337 cm³/mol. The summed E-state index contributed by atoms with van der Waals surface area (Å²) in [5, 5.41) is 2.87. The van der Waals surface area contributed by atoms with Crippen molar-refractivity contribution in [3.63, 3.8) is 0 Å². The van der Waals surface area contributed by atoms with Gasteiger partial charge in [-0.15, -0.1) is 0 Å². The first-order chi connectivity index (χ1) is 37.7. The summed E-state index contributed by atoms with van der Waals surface area (Å²) in [6.07, 6.45) is 35.1. The van der Waals surface area contributed by atoms with Crippen LogP contribution in [0.15, 0.2) is 230 Å². The maximum atomic E-state index is 4.23. The van der Waals surface area contributed by atoms with Gasteiger partial charge in [0.25, 0.3) is 0 Å². The van der Waals surface area contributed by atoms with E-state index < -0.39 is 0 Å². The predicted octanol–water partition coefficient (Wildman–Crippen LogP) is 21.2. The van der Waals surface area contributed by atoms with Gasteiger partial charge in [0.05, 0.1) is 10.8 Å². The zero-order valence-corrected chi connectivity index (χ0v) is 47.6. The van der Waals surface area contributed by atoms with Gasteiger partial charge in [-0.1, -0.05) is 277 Å². The fourth-order valence-electron chi connectivity index (χ4n) is 13.7. The van der Waals surface area contributed by atoms with Gasteiger partial charge < -0.3 is 0 Å². The van der Waals surface area contributed by atoms with Crippen LogP contribution in [0.3, 0.4) is 0 Å². The topological polar surface area (TPSA) is 0 Å². The fraction of sp³-hybridized carbons (Fsp3) is 0.247. The van der Waals surface area contributed by atoms with E-state index in [2.05, 4.69) is 262 Å². The smallest absolute Gasteiger partial charge is 0.0721 e. The first-order valence-corrected chi connectivity index (χ1v) is 28.8. The summed E-state index contributed by atoms with van der Waals surface area (Å²) in [6, 6.07) is 49.7. The second-order valence-corrected chi connectivity index (χ2v) is 21.2. The Kier molecular flexibility index (Phi) is 16.8. The Balaban J connectivity index is 0.000000137. The summed E-state index contributed by atoms with van der Waals surface area (Å²) in [4.78, 5) is 0. The number of hydrogen-bond acceptors (Lipinski definition) is 0. The normalized spacial score (nSPS) is 19.3. The first-order valence-electron chi connectivity index (χ1n) is 28.8. The van der Waals surface area contributed by atoms with Crippen LogP contribution in [0.2, 0.25) is 0 Å². The van der Waals surface area contributed by atoms with Gasteiger partial charge in [-0.25, -0.2) is 0 Å². The van der Waals surface area contributed by atoms with Crippen LogP contribution >= 0.6 is 0 Å². The second-order valence-electron chi connectivity index (χ2n) is 21.2. The largest absolute Gasteiger partial charge is 0.0987 e. The van der Waals surface area contributed by atoms with Crippen LogP contribution in [-0.4, -0.2) is 0 Å². The molecule has 13 rings (SSSR count). The lowest BCUT2D eigenvalue weighted by molar-refractivity contribution is 0.457. The molecule has 0 heterocycles. The van der Waals surface area contributed by atoms with Crippen molar-refractivity contribution in [1.29, 1.82) is 0 Å². The summed E-state index contributed by atoms with van der Waals surface area (Å²) >= 11 is 0. The third kappa shape index (κ3) is 9.29. The van der Waals surface area contributed by atoms with Gasteiger partial charge in [0.2, 0.25) is 0 Å². The van der Waals surface area contributed by atoms with Crippen molar-refractivity contribution >= 4 is 22.9 Å². The Morgan fingerprint density at radius 2 is 1.12 bits per heavy atom. The Hall–Kier alpha value is -7.54. The zero-order valence-electron chi connectivity index (χ0n) is 47.6. The molecule has 0 radical (unpaired) electrons. The highest BCUT2D eigenvalue weighted by atomic mass is 14.5. The summed E-state index contributed by atoms with van der Waals surface area (Å²) in [5.41, 5.74) is 27.4. The molecule has 3 atom stereocenters. The number of hydrogen-bond donors (Lipinski definition) is 0. The Morgan fingerprint density at radius 3 is 1.75 bits per heavy atom. The number of rotatable bonds is 6. The van der Waals surface area contributed by atoms with E-state index in [1.807, 2.05) is 19.9 Å². The number of aryl methyl sites for hydroxylation is 3. The highest BCUT2D eigenvalue weighted by Crippen LogP contribution is 2.63. The van der Waals surface area contributed by atoms with Crippen molar-refractivity contribution in [2.24, 2.45) is 5.92 Å². The van der Waals surface area contributed by atoms with Gasteiger partial charge in [0.15, 0.2) is 0 Å². The van der Waals surface area contributed by atoms with E-state index in [4.69, 9.17) is 0 Å². The molecule has 1 spiro atoms. The summed E-state index contributed by atoms with van der Waals surface area (Å²) in [6.45, 7) is 27.5. The molecule has 7 aromatic rings. The third-order valence-electron chi connectivity index (χ3n) is 16.5.